The Hall–Kier alpha value is -4.34. The van der Waals surface area contributed by atoms with Gasteiger partial charge in [-0.15, -0.1) is 0 Å². The number of ketones is 1. The van der Waals surface area contributed by atoms with Gasteiger partial charge in [0.15, 0.2) is 17.4 Å². The molecule has 0 radical (unpaired) electrons. The third-order valence-electron chi connectivity index (χ3n) is 4.82. The van der Waals surface area contributed by atoms with Crippen LogP contribution in [-0.4, -0.2) is 37.6 Å². The van der Waals surface area contributed by atoms with E-state index in [9.17, 15) is 9.18 Å². The number of rotatable bonds is 8. The molecule has 0 aliphatic carbocycles. The number of nitrogens with one attached hydrogen (secondary N) is 2. The van der Waals surface area contributed by atoms with Gasteiger partial charge in [-0.25, -0.2) is 14.4 Å². The molecule has 0 fully saturated rings. The molecule has 4 rings (SSSR count). The third-order valence-corrected chi connectivity index (χ3v) is 4.82. The largest absolute Gasteiger partial charge is 0.494 e. The van der Waals surface area contributed by atoms with Gasteiger partial charge in [0, 0.05) is 25.4 Å². The van der Waals surface area contributed by atoms with Gasteiger partial charge in [-0.3, -0.25) is 9.48 Å². The van der Waals surface area contributed by atoms with Crippen LogP contribution >= 0.6 is 0 Å². The van der Waals surface area contributed by atoms with E-state index in [1.165, 1.54) is 18.3 Å². The molecule has 0 saturated carbocycles. The number of halogens is 1. The molecule has 0 saturated heterocycles. The number of ether oxygens (including phenoxy) is 1. The zero-order valence-corrected chi connectivity index (χ0v) is 18.3. The zero-order valence-electron chi connectivity index (χ0n) is 18.3. The average Bonchev–Trinajstić information content (AvgIpc) is 3.26. The molecule has 10 heteroatoms. The lowest BCUT2D eigenvalue weighted by Gasteiger charge is -2.16. The predicted molar refractivity (Wildman–Crippen MR) is 123 cm³/mol. The molecule has 2 aromatic heterocycles. The number of nitrogens with zero attached hydrogens (tertiary/aromatic N) is 5. The summed E-state index contributed by atoms with van der Waals surface area (Å²) in [6.45, 7) is 1.77. The van der Waals surface area contributed by atoms with Crippen molar-refractivity contribution in [1.82, 2.24) is 24.7 Å². The SMILES string of the molecule is CCC(=O)c1cnc(Nc2ccc(F)cc2)nc1Nc1cccc(-c2ncn(C)n2)c1OC. The van der Waals surface area contributed by atoms with Gasteiger partial charge in [0.05, 0.1) is 23.9 Å². The molecule has 33 heavy (non-hydrogen) atoms. The summed E-state index contributed by atoms with van der Waals surface area (Å²) in [4.78, 5) is 25.6. The lowest BCUT2D eigenvalue weighted by molar-refractivity contribution is 0.0988. The minimum Gasteiger partial charge on any atom is -0.494 e. The highest BCUT2D eigenvalue weighted by atomic mass is 19.1. The van der Waals surface area contributed by atoms with Crippen LogP contribution in [0.3, 0.4) is 0 Å². The van der Waals surface area contributed by atoms with E-state index >= 15 is 0 Å². The first-order valence-electron chi connectivity index (χ1n) is 10.2. The number of aryl methyl sites for hydroxylation is 1. The van der Waals surface area contributed by atoms with Crippen LogP contribution in [0, 0.1) is 5.82 Å². The standard InChI is InChI=1S/C23H22FN7O2/c1-4-19(32)17-12-25-23(27-15-10-8-14(24)9-11-15)29-22(17)28-18-7-5-6-16(20(18)33-3)21-26-13-31(2)30-21/h5-13H,4H2,1-3H3,(H2,25,27,28,29). The fourth-order valence-electron chi connectivity index (χ4n) is 3.22. The predicted octanol–water partition coefficient (Wildman–Crippen LogP) is 4.50. The lowest BCUT2D eigenvalue weighted by Crippen LogP contribution is -2.09. The molecular weight excluding hydrogens is 425 g/mol. The van der Waals surface area contributed by atoms with Crippen LogP contribution in [0.25, 0.3) is 11.4 Å². The fourth-order valence-corrected chi connectivity index (χ4v) is 3.22. The van der Waals surface area contributed by atoms with Gasteiger partial charge in [0.25, 0.3) is 0 Å². The maximum atomic E-state index is 13.2. The van der Waals surface area contributed by atoms with Crippen molar-refractivity contribution in [2.24, 2.45) is 7.05 Å². The molecule has 0 spiro atoms. The van der Waals surface area contributed by atoms with E-state index in [0.29, 0.717) is 39.9 Å². The van der Waals surface area contributed by atoms with Crippen molar-refractivity contribution in [2.45, 2.75) is 13.3 Å². The second kappa shape index (κ2) is 9.43. The van der Waals surface area contributed by atoms with Crippen molar-refractivity contribution in [3.63, 3.8) is 0 Å². The van der Waals surface area contributed by atoms with Crippen LogP contribution in [-0.2, 0) is 7.05 Å². The topological polar surface area (TPSA) is 107 Å². The van der Waals surface area contributed by atoms with E-state index in [1.54, 1.807) is 50.3 Å². The molecular formula is C23H22FN7O2. The van der Waals surface area contributed by atoms with Gasteiger partial charge in [-0.2, -0.15) is 10.1 Å². The summed E-state index contributed by atoms with van der Waals surface area (Å²) in [6.07, 6.45) is 3.35. The first-order chi connectivity index (χ1) is 16.0. The van der Waals surface area contributed by atoms with Crippen LogP contribution in [0.15, 0.2) is 55.0 Å². The van der Waals surface area contributed by atoms with Gasteiger partial charge in [-0.05, 0) is 36.4 Å². The molecule has 2 heterocycles. The number of para-hydroxylation sites is 1. The van der Waals surface area contributed by atoms with Crippen molar-refractivity contribution in [3.05, 3.63) is 66.4 Å². The number of Topliss-reactive ketones (excluding diaryl/α,β-unsaturated/α-hetero) is 1. The Labute approximate surface area is 189 Å². The highest BCUT2D eigenvalue weighted by Crippen LogP contribution is 2.36. The average molecular weight is 447 g/mol. The van der Waals surface area contributed by atoms with Gasteiger partial charge < -0.3 is 15.4 Å². The smallest absolute Gasteiger partial charge is 0.229 e. The Morgan fingerprint density at radius 2 is 1.91 bits per heavy atom. The summed E-state index contributed by atoms with van der Waals surface area (Å²) in [6, 6.07) is 11.3. The first-order valence-corrected chi connectivity index (χ1v) is 10.2. The van der Waals surface area contributed by atoms with Crippen molar-refractivity contribution < 1.29 is 13.9 Å². The summed E-state index contributed by atoms with van der Waals surface area (Å²) < 4.78 is 20.5. The Bertz CT molecular complexity index is 1290. The highest BCUT2D eigenvalue weighted by Gasteiger charge is 2.18. The minimum atomic E-state index is -0.345. The normalized spacial score (nSPS) is 10.7. The lowest BCUT2D eigenvalue weighted by atomic mass is 10.1. The van der Waals surface area contributed by atoms with Crippen LogP contribution in [0.4, 0.5) is 27.5 Å². The number of anilines is 4. The van der Waals surface area contributed by atoms with E-state index in [0.717, 1.165) is 0 Å². The quantitative estimate of drug-likeness (QED) is 0.380. The molecule has 0 atom stereocenters. The third kappa shape index (κ3) is 4.79. The van der Waals surface area contributed by atoms with Crippen molar-refractivity contribution in [2.75, 3.05) is 17.7 Å². The zero-order chi connectivity index (χ0) is 23.4. The van der Waals surface area contributed by atoms with Crippen molar-refractivity contribution >= 4 is 28.9 Å². The molecule has 0 aliphatic rings. The van der Waals surface area contributed by atoms with Crippen molar-refractivity contribution in [1.29, 1.82) is 0 Å². The van der Waals surface area contributed by atoms with Crippen LogP contribution in [0.5, 0.6) is 5.75 Å². The number of carbonyl (C=O) groups excluding carboxylic acids is 1. The van der Waals surface area contributed by atoms with E-state index in [-0.39, 0.29) is 24.0 Å². The van der Waals surface area contributed by atoms with Crippen molar-refractivity contribution in [3.8, 4) is 17.1 Å². The minimum absolute atomic E-state index is 0.118. The molecule has 9 nitrogen and oxygen atoms in total. The fraction of sp³-hybridized carbons (Fsp3) is 0.174. The molecule has 2 N–H and O–H groups in total. The van der Waals surface area contributed by atoms with Gasteiger partial charge in [-0.1, -0.05) is 13.0 Å². The number of hydrogen-bond acceptors (Lipinski definition) is 8. The Kier molecular flexibility index (Phi) is 6.25. The number of aromatic nitrogens is 5. The van der Waals surface area contributed by atoms with E-state index in [1.807, 2.05) is 12.1 Å². The monoisotopic (exact) mass is 447 g/mol. The van der Waals surface area contributed by atoms with Crippen LogP contribution in [0.1, 0.15) is 23.7 Å². The number of hydrogen-bond donors (Lipinski definition) is 2. The highest BCUT2D eigenvalue weighted by molar-refractivity contribution is 6.01. The Balaban J connectivity index is 1.73. The summed E-state index contributed by atoms with van der Waals surface area (Å²) in [5, 5.41) is 10.6. The maximum Gasteiger partial charge on any atom is 0.229 e. The Morgan fingerprint density at radius 3 is 2.58 bits per heavy atom. The van der Waals surface area contributed by atoms with Gasteiger partial charge in [0.1, 0.15) is 18.0 Å². The number of benzene rings is 2. The summed E-state index contributed by atoms with van der Waals surface area (Å²) in [5.74, 6) is 1.10. The summed E-state index contributed by atoms with van der Waals surface area (Å²) in [5.41, 5.74) is 2.22. The summed E-state index contributed by atoms with van der Waals surface area (Å²) in [7, 11) is 3.33. The second-order valence-corrected chi connectivity index (χ2v) is 7.12. The second-order valence-electron chi connectivity index (χ2n) is 7.12. The van der Waals surface area contributed by atoms with E-state index < -0.39 is 0 Å². The molecule has 168 valence electrons. The van der Waals surface area contributed by atoms with Crippen LogP contribution < -0.4 is 15.4 Å². The van der Waals surface area contributed by atoms with Crippen LogP contribution in [0.2, 0.25) is 0 Å². The van der Waals surface area contributed by atoms with Gasteiger partial charge in [0.2, 0.25) is 5.95 Å². The Morgan fingerprint density at radius 1 is 1.12 bits per heavy atom. The number of carbonyl (C=O) groups is 1. The molecule has 0 unspecified atom stereocenters. The summed E-state index contributed by atoms with van der Waals surface area (Å²) >= 11 is 0. The molecule has 0 aliphatic heterocycles. The molecule has 4 aromatic rings. The molecule has 2 aromatic carbocycles. The first kappa shape index (κ1) is 21.9. The number of methoxy groups -OCH3 is 1. The molecule has 0 bridgehead atoms. The van der Waals surface area contributed by atoms with E-state index in [2.05, 4.69) is 30.7 Å². The van der Waals surface area contributed by atoms with E-state index in [4.69, 9.17) is 4.74 Å². The molecule has 0 amide bonds. The maximum absolute atomic E-state index is 13.2. The van der Waals surface area contributed by atoms with Gasteiger partial charge >= 0.3 is 0 Å².